The molecular formula is C19H17NO5. The number of rotatable bonds is 4. The van der Waals surface area contributed by atoms with E-state index in [9.17, 15) is 24.9 Å². The van der Waals surface area contributed by atoms with Crippen LogP contribution in [0.2, 0.25) is 0 Å². The minimum atomic E-state index is -0.826. The highest BCUT2D eigenvalue weighted by Gasteiger charge is 2.45. The van der Waals surface area contributed by atoms with Crippen LogP contribution in [0.4, 0.5) is 0 Å². The molecule has 25 heavy (non-hydrogen) atoms. The number of hydrogen-bond donors (Lipinski definition) is 3. The van der Waals surface area contributed by atoms with Gasteiger partial charge in [-0.1, -0.05) is 42.5 Å². The first-order valence-electron chi connectivity index (χ1n) is 7.78. The number of phenols is 1. The SMILES string of the molecule is O=C1C(=O)N(CCO)C(c2ccc(O)cc2)/C1=C(\O)c1ccccc1. The average molecular weight is 339 g/mol. The number of ketones is 1. The van der Waals surface area contributed by atoms with Gasteiger partial charge in [-0.2, -0.15) is 0 Å². The van der Waals surface area contributed by atoms with Gasteiger partial charge in [-0.3, -0.25) is 9.59 Å². The van der Waals surface area contributed by atoms with Gasteiger partial charge in [0.2, 0.25) is 0 Å². The number of aliphatic hydroxyl groups excluding tert-OH is 2. The average Bonchev–Trinajstić information content (AvgIpc) is 2.88. The number of hydrogen-bond acceptors (Lipinski definition) is 5. The largest absolute Gasteiger partial charge is 0.508 e. The van der Waals surface area contributed by atoms with E-state index in [1.807, 2.05) is 0 Å². The second-order valence-corrected chi connectivity index (χ2v) is 5.67. The van der Waals surface area contributed by atoms with Crippen molar-refractivity contribution >= 4 is 17.4 Å². The summed E-state index contributed by atoms with van der Waals surface area (Å²) in [5.41, 5.74) is 0.951. The number of phenolic OH excluding ortho intramolecular Hbond substituents is 1. The van der Waals surface area contributed by atoms with Gasteiger partial charge in [0.1, 0.15) is 11.5 Å². The first-order chi connectivity index (χ1) is 12.0. The summed E-state index contributed by atoms with van der Waals surface area (Å²) in [6.07, 6.45) is 0. The molecule has 1 unspecified atom stereocenters. The van der Waals surface area contributed by atoms with Crippen molar-refractivity contribution in [2.45, 2.75) is 6.04 Å². The standard InChI is InChI=1S/C19H17NO5/c21-11-10-20-16(12-6-8-14(22)9-7-12)15(18(24)19(20)25)17(23)13-4-2-1-3-5-13/h1-9,16,21-23H,10-11H2/b17-15+. The summed E-state index contributed by atoms with van der Waals surface area (Å²) < 4.78 is 0. The van der Waals surface area contributed by atoms with Gasteiger partial charge in [-0.25, -0.2) is 0 Å². The van der Waals surface area contributed by atoms with E-state index >= 15 is 0 Å². The van der Waals surface area contributed by atoms with Crippen molar-refractivity contribution in [3.05, 3.63) is 71.3 Å². The van der Waals surface area contributed by atoms with E-state index in [0.717, 1.165) is 0 Å². The second-order valence-electron chi connectivity index (χ2n) is 5.67. The number of nitrogens with zero attached hydrogens (tertiary/aromatic N) is 1. The van der Waals surface area contributed by atoms with Crippen molar-refractivity contribution in [2.24, 2.45) is 0 Å². The highest BCUT2D eigenvalue weighted by atomic mass is 16.3. The molecule has 0 aromatic heterocycles. The number of aliphatic hydroxyl groups is 2. The summed E-state index contributed by atoms with van der Waals surface area (Å²) >= 11 is 0. The summed E-state index contributed by atoms with van der Waals surface area (Å²) in [7, 11) is 0. The molecular weight excluding hydrogens is 322 g/mol. The van der Waals surface area contributed by atoms with Crippen LogP contribution in [0.3, 0.4) is 0 Å². The van der Waals surface area contributed by atoms with Crippen molar-refractivity contribution < 1.29 is 24.9 Å². The predicted octanol–water partition coefficient (Wildman–Crippen LogP) is 1.81. The molecule has 128 valence electrons. The van der Waals surface area contributed by atoms with E-state index in [2.05, 4.69) is 0 Å². The Morgan fingerprint density at radius 3 is 2.24 bits per heavy atom. The minimum absolute atomic E-state index is 0.0321. The Kier molecular flexibility index (Phi) is 4.54. The van der Waals surface area contributed by atoms with Crippen LogP contribution >= 0.6 is 0 Å². The highest BCUT2D eigenvalue weighted by Crippen LogP contribution is 2.39. The summed E-state index contributed by atoms with van der Waals surface area (Å²) in [5, 5.41) is 29.4. The molecule has 0 saturated carbocycles. The van der Waals surface area contributed by atoms with Gasteiger partial charge < -0.3 is 20.2 Å². The van der Waals surface area contributed by atoms with Crippen LogP contribution in [0.25, 0.3) is 5.76 Å². The number of likely N-dealkylation sites (tertiary alicyclic amines) is 1. The van der Waals surface area contributed by atoms with Crippen LogP contribution in [0, 0.1) is 0 Å². The molecule has 1 amide bonds. The van der Waals surface area contributed by atoms with Crippen molar-refractivity contribution in [1.82, 2.24) is 4.90 Å². The maximum absolute atomic E-state index is 12.5. The van der Waals surface area contributed by atoms with Crippen molar-refractivity contribution in [3.63, 3.8) is 0 Å². The summed E-state index contributed by atoms with van der Waals surface area (Å²) in [5.74, 6) is -1.79. The molecule has 1 atom stereocenters. The Balaban J connectivity index is 2.18. The lowest BCUT2D eigenvalue weighted by atomic mass is 9.95. The van der Waals surface area contributed by atoms with E-state index < -0.39 is 17.7 Å². The lowest BCUT2D eigenvalue weighted by Gasteiger charge is -2.24. The maximum Gasteiger partial charge on any atom is 0.295 e. The van der Waals surface area contributed by atoms with E-state index in [1.54, 1.807) is 42.5 Å². The fourth-order valence-corrected chi connectivity index (χ4v) is 2.97. The highest BCUT2D eigenvalue weighted by molar-refractivity contribution is 6.46. The summed E-state index contributed by atoms with van der Waals surface area (Å²) in [6, 6.07) is 13.7. The van der Waals surface area contributed by atoms with Gasteiger partial charge in [0.05, 0.1) is 18.2 Å². The lowest BCUT2D eigenvalue weighted by molar-refractivity contribution is -0.140. The van der Waals surface area contributed by atoms with Crippen molar-refractivity contribution in [3.8, 4) is 5.75 Å². The van der Waals surface area contributed by atoms with Crippen molar-refractivity contribution in [1.29, 1.82) is 0 Å². The molecule has 3 rings (SSSR count). The van der Waals surface area contributed by atoms with E-state index in [0.29, 0.717) is 11.1 Å². The molecule has 1 heterocycles. The first-order valence-corrected chi connectivity index (χ1v) is 7.78. The minimum Gasteiger partial charge on any atom is -0.508 e. The molecule has 3 N–H and O–H groups in total. The first kappa shape index (κ1) is 16.7. The Morgan fingerprint density at radius 2 is 1.64 bits per heavy atom. The van der Waals surface area contributed by atoms with E-state index in [-0.39, 0.29) is 30.2 Å². The monoisotopic (exact) mass is 339 g/mol. The molecule has 1 aliphatic rings. The molecule has 0 radical (unpaired) electrons. The van der Waals surface area contributed by atoms with Gasteiger partial charge in [0.15, 0.2) is 0 Å². The van der Waals surface area contributed by atoms with Gasteiger partial charge in [0, 0.05) is 12.1 Å². The number of Topliss-reactive ketones (excluding diaryl/α,β-unsaturated/α-hetero) is 1. The number of carbonyl (C=O) groups is 2. The molecule has 2 aromatic carbocycles. The van der Waals surface area contributed by atoms with E-state index in [4.69, 9.17) is 0 Å². The van der Waals surface area contributed by atoms with Gasteiger partial charge in [0.25, 0.3) is 11.7 Å². The fourth-order valence-electron chi connectivity index (χ4n) is 2.97. The van der Waals surface area contributed by atoms with Crippen LogP contribution < -0.4 is 0 Å². The molecule has 1 aliphatic heterocycles. The third-order valence-electron chi connectivity index (χ3n) is 4.14. The molecule has 6 heteroatoms. The molecule has 0 bridgehead atoms. The Morgan fingerprint density at radius 1 is 1.00 bits per heavy atom. The Bertz CT molecular complexity index is 827. The zero-order valence-electron chi connectivity index (χ0n) is 13.3. The third kappa shape index (κ3) is 2.99. The number of β-amino-alcohol motifs (C(OH)–C–C–N with tert-alkyl or cyclic N) is 1. The number of aromatic hydroxyl groups is 1. The zero-order chi connectivity index (χ0) is 18.0. The maximum atomic E-state index is 12.5. The van der Waals surface area contributed by atoms with Gasteiger partial charge in [-0.05, 0) is 17.7 Å². The molecule has 0 aliphatic carbocycles. The smallest absolute Gasteiger partial charge is 0.295 e. The van der Waals surface area contributed by atoms with Crippen LogP contribution in [0.15, 0.2) is 60.2 Å². The Labute approximate surface area is 144 Å². The van der Waals surface area contributed by atoms with Crippen LogP contribution in [0.5, 0.6) is 5.75 Å². The number of benzene rings is 2. The second kappa shape index (κ2) is 6.78. The normalized spacial score (nSPS) is 19.4. The lowest BCUT2D eigenvalue weighted by Crippen LogP contribution is -2.32. The molecule has 6 nitrogen and oxygen atoms in total. The predicted molar refractivity (Wildman–Crippen MR) is 90.6 cm³/mol. The molecule has 2 aromatic rings. The Hall–Kier alpha value is -3.12. The quantitative estimate of drug-likeness (QED) is 0.448. The van der Waals surface area contributed by atoms with Crippen molar-refractivity contribution in [2.75, 3.05) is 13.2 Å². The van der Waals surface area contributed by atoms with Gasteiger partial charge >= 0.3 is 0 Å². The number of carbonyl (C=O) groups excluding carboxylic acids is 2. The van der Waals surface area contributed by atoms with Crippen LogP contribution in [-0.2, 0) is 9.59 Å². The summed E-state index contributed by atoms with van der Waals surface area (Å²) in [4.78, 5) is 26.1. The molecule has 1 fully saturated rings. The van der Waals surface area contributed by atoms with E-state index in [1.165, 1.54) is 17.0 Å². The summed E-state index contributed by atoms with van der Waals surface area (Å²) in [6.45, 7) is -0.353. The number of amides is 1. The topological polar surface area (TPSA) is 98.1 Å². The zero-order valence-corrected chi connectivity index (χ0v) is 13.3. The fraction of sp³-hybridized carbons (Fsp3) is 0.158. The molecule has 1 saturated heterocycles. The van der Waals surface area contributed by atoms with Crippen LogP contribution in [0.1, 0.15) is 17.2 Å². The van der Waals surface area contributed by atoms with Crippen LogP contribution in [-0.4, -0.2) is 45.1 Å². The van der Waals surface area contributed by atoms with Gasteiger partial charge in [-0.15, -0.1) is 0 Å². The third-order valence-corrected chi connectivity index (χ3v) is 4.14. The molecule has 0 spiro atoms.